The van der Waals surface area contributed by atoms with Crippen molar-refractivity contribution in [3.8, 4) is 0 Å². The summed E-state index contributed by atoms with van der Waals surface area (Å²) in [6.45, 7) is 2.22. The van der Waals surface area contributed by atoms with Crippen LogP contribution in [-0.2, 0) is 0 Å². The van der Waals surface area contributed by atoms with E-state index in [1.807, 2.05) is 12.3 Å². The maximum atomic E-state index is 4.54. The molecule has 0 aliphatic carbocycles. The summed E-state index contributed by atoms with van der Waals surface area (Å²) in [5, 5.41) is 3.72. The zero-order chi connectivity index (χ0) is 14.5. The van der Waals surface area contributed by atoms with Crippen molar-refractivity contribution in [1.82, 2.24) is 15.2 Å². The first kappa shape index (κ1) is 14.2. The Morgan fingerprint density at radius 1 is 1.19 bits per heavy atom. The van der Waals surface area contributed by atoms with E-state index in [0.29, 0.717) is 6.04 Å². The van der Waals surface area contributed by atoms with Gasteiger partial charge < -0.3 is 10.2 Å². The van der Waals surface area contributed by atoms with E-state index >= 15 is 0 Å². The molecule has 2 unspecified atom stereocenters. The van der Waals surface area contributed by atoms with Crippen LogP contribution >= 0.6 is 0 Å². The normalized spacial score (nSPS) is 20.5. The van der Waals surface area contributed by atoms with E-state index in [2.05, 4.69) is 64.7 Å². The number of nitrogens with zero attached hydrogens (tertiary/aromatic N) is 2. The first-order valence-electron chi connectivity index (χ1n) is 7.74. The van der Waals surface area contributed by atoms with Gasteiger partial charge >= 0.3 is 0 Å². The molecule has 3 nitrogen and oxygen atoms in total. The number of rotatable bonds is 5. The van der Waals surface area contributed by atoms with Gasteiger partial charge in [-0.05, 0) is 44.1 Å². The highest BCUT2D eigenvalue weighted by Gasteiger charge is 2.23. The van der Waals surface area contributed by atoms with Gasteiger partial charge in [0.1, 0.15) is 0 Å². The van der Waals surface area contributed by atoms with Crippen LogP contribution in [0.1, 0.15) is 30.1 Å². The predicted molar refractivity (Wildman–Crippen MR) is 86.2 cm³/mol. The van der Waals surface area contributed by atoms with E-state index in [-0.39, 0.29) is 6.04 Å². The number of hydrogen-bond donors (Lipinski definition) is 1. The lowest BCUT2D eigenvalue weighted by atomic mass is 10.0. The van der Waals surface area contributed by atoms with Crippen LogP contribution in [0.25, 0.3) is 0 Å². The van der Waals surface area contributed by atoms with Gasteiger partial charge in [0.2, 0.25) is 0 Å². The van der Waals surface area contributed by atoms with Crippen molar-refractivity contribution in [1.29, 1.82) is 0 Å². The van der Waals surface area contributed by atoms with E-state index < -0.39 is 0 Å². The summed E-state index contributed by atoms with van der Waals surface area (Å²) in [5.41, 5.74) is 2.36. The summed E-state index contributed by atoms with van der Waals surface area (Å²) in [6, 6.07) is 17.5. The molecule has 0 saturated carbocycles. The first-order valence-corrected chi connectivity index (χ1v) is 7.74. The van der Waals surface area contributed by atoms with Crippen LogP contribution in [0.2, 0.25) is 0 Å². The monoisotopic (exact) mass is 281 g/mol. The van der Waals surface area contributed by atoms with Gasteiger partial charge in [-0.3, -0.25) is 4.98 Å². The van der Waals surface area contributed by atoms with Crippen molar-refractivity contribution in [2.24, 2.45) is 0 Å². The molecule has 1 aliphatic rings. The quantitative estimate of drug-likeness (QED) is 0.913. The molecular formula is C18H23N3. The fourth-order valence-corrected chi connectivity index (χ4v) is 3.08. The Balaban J connectivity index is 1.76. The average molecular weight is 281 g/mol. The van der Waals surface area contributed by atoms with E-state index in [9.17, 15) is 0 Å². The van der Waals surface area contributed by atoms with E-state index in [0.717, 1.165) is 12.2 Å². The third-order valence-corrected chi connectivity index (χ3v) is 4.35. The van der Waals surface area contributed by atoms with Gasteiger partial charge in [0, 0.05) is 18.8 Å². The number of pyridine rings is 1. The highest BCUT2D eigenvalue weighted by molar-refractivity contribution is 5.27. The molecule has 0 amide bonds. The number of benzene rings is 1. The van der Waals surface area contributed by atoms with Gasteiger partial charge in [-0.15, -0.1) is 0 Å². The minimum absolute atomic E-state index is 0.168. The van der Waals surface area contributed by atoms with Gasteiger partial charge in [-0.2, -0.15) is 0 Å². The molecule has 3 rings (SSSR count). The molecule has 110 valence electrons. The summed E-state index contributed by atoms with van der Waals surface area (Å²) in [5.74, 6) is 0. The van der Waals surface area contributed by atoms with E-state index in [1.54, 1.807) is 0 Å². The second-order valence-corrected chi connectivity index (χ2v) is 5.78. The second kappa shape index (κ2) is 6.83. The maximum Gasteiger partial charge on any atom is 0.0751 e. The second-order valence-electron chi connectivity index (χ2n) is 5.78. The Bertz CT molecular complexity index is 501. The molecule has 2 atom stereocenters. The Kier molecular flexibility index (Phi) is 4.63. The first-order chi connectivity index (χ1) is 10.3. The molecule has 2 heterocycles. The Morgan fingerprint density at radius 2 is 2.00 bits per heavy atom. The molecule has 21 heavy (non-hydrogen) atoms. The molecular weight excluding hydrogens is 258 g/mol. The molecule has 0 radical (unpaired) electrons. The Hall–Kier alpha value is -1.71. The van der Waals surface area contributed by atoms with Crippen molar-refractivity contribution in [2.75, 3.05) is 20.1 Å². The van der Waals surface area contributed by atoms with Crippen LogP contribution in [0, 0.1) is 0 Å². The van der Waals surface area contributed by atoms with Gasteiger partial charge in [0.25, 0.3) is 0 Å². The summed E-state index contributed by atoms with van der Waals surface area (Å²) in [4.78, 5) is 7.00. The lowest BCUT2D eigenvalue weighted by molar-refractivity contribution is 0.295. The fourth-order valence-electron chi connectivity index (χ4n) is 3.08. The van der Waals surface area contributed by atoms with Crippen LogP contribution in [0.5, 0.6) is 0 Å². The SMILES string of the molecule is CN1CCCC1CNC(c1ccccc1)c1ccccn1. The molecule has 0 bridgehead atoms. The minimum Gasteiger partial charge on any atom is -0.303 e. The number of likely N-dealkylation sites (tertiary alicyclic amines) is 1. The van der Waals surface area contributed by atoms with Gasteiger partial charge in [0.05, 0.1) is 11.7 Å². The third kappa shape index (κ3) is 3.49. The number of hydrogen-bond acceptors (Lipinski definition) is 3. The fraction of sp³-hybridized carbons (Fsp3) is 0.389. The topological polar surface area (TPSA) is 28.2 Å². The van der Waals surface area contributed by atoms with Gasteiger partial charge in [-0.1, -0.05) is 36.4 Å². The molecule has 1 aliphatic heterocycles. The van der Waals surface area contributed by atoms with Crippen molar-refractivity contribution in [3.05, 3.63) is 66.0 Å². The molecule has 1 N–H and O–H groups in total. The lowest BCUT2D eigenvalue weighted by Crippen LogP contribution is -2.37. The Morgan fingerprint density at radius 3 is 2.67 bits per heavy atom. The van der Waals surface area contributed by atoms with E-state index in [4.69, 9.17) is 0 Å². The number of aromatic nitrogens is 1. The average Bonchev–Trinajstić information content (AvgIpc) is 2.95. The predicted octanol–water partition coefficient (Wildman–Crippen LogP) is 2.85. The number of likely N-dealkylation sites (N-methyl/N-ethyl adjacent to an activating group) is 1. The zero-order valence-corrected chi connectivity index (χ0v) is 12.6. The molecule has 1 fully saturated rings. The summed E-state index contributed by atoms with van der Waals surface area (Å²) >= 11 is 0. The highest BCUT2D eigenvalue weighted by Crippen LogP contribution is 2.21. The van der Waals surface area contributed by atoms with Crippen molar-refractivity contribution in [2.45, 2.75) is 24.9 Å². The van der Waals surface area contributed by atoms with Crippen LogP contribution < -0.4 is 5.32 Å². The van der Waals surface area contributed by atoms with Crippen LogP contribution in [-0.4, -0.2) is 36.1 Å². The minimum atomic E-state index is 0.168. The van der Waals surface area contributed by atoms with Crippen molar-refractivity contribution in [3.63, 3.8) is 0 Å². The van der Waals surface area contributed by atoms with Crippen LogP contribution in [0.15, 0.2) is 54.7 Å². The zero-order valence-electron chi connectivity index (χ0n) is 12.6. The highest BCUT2D eigenvalue weighted by atomic mass is 15.2. The molecule has 1 saturated heterocycles. The summed E-state index contributed by atoms with van der Waals surface area (Å²) in [7, 11) is 2.22. The summed E-state index contributed by atoms with van der Waals surface area (Å²) in [6.07, 6.45) is 4.46. The van der Waals surface area contributed by atoms with Gasteiger partial charge in [0.15, 0.2) is 0 Å². The lowest BCUT2D eigenvalue weighted by Gasteiger charge is -2.24. The summed E-state index contributed by atoms with van der Waals surface area (Å²) < 4.78 is 0. The standard InChI is InChI=1S/C18H23N3/c1-21-13-7-10-16(21)14-20-18(15-8-3-2-4-9-15)17-11-5-6-12-19-17/h2-6,8-9,11-12,16,18,20H,7,10,13-14H2,1H3. The molecule has 3 heteroatoms. The third-order valence-electron chi connectivity index (χ3n) is 4.35. The largest absolute Gasteiger partial charge is 0.303 e. The molecule has 1 aromatic carbocycles. The molecule has 1 aromatic heterocycles. The van der Waals surface area contributed by atoms with E-state index in [1.165, 1.54) is 24.9 Å². The van der Waals surface area contributed by atoms with Crippen molar-refractivity contribution < 1.29 is 0 Å². The van der Waals surface area contributed by atoms with Crippen LogP contribution in [0.4, 0.5) is 0 Å². The van der Waals surface area contributed by atoms with Crippen LogP contribution in [0.3, 0.4) is 0 Å². The number of nitrogens with one attached hydrogen (secondary N) is 1. The van der Waals surface area contributed by atoms with Gasteiger partial charge in [-0.25, -0.2) is 0 Å². The smallest absolute Gasteiger partial charge is 0.0751 e. The molecule has 2 aromatic rings. The molecule has 0 spiro atoms. The Labute approximate surface area is 127 Å². The maximum absolute atomic E-state index is 4.54. The van der Waals surface area contributed by atoms with Crippen molar-refractivity contribution >= 4 is 0 Å².